The first-order valence-corrected chi connectivity index (χ1v) is 11.1. The number of hydrogen-bond acceptors (Lipinski definition) is 4. The van der Waals surface area contributed by atoms with Crippen LogP contribution in [0.15, 0.2) is 48.5 Å². The Hall–Kier alpha value is -2.66. The molecule has 1 saturated heterocycles. The summed E-state index contributed by atoms with van der Waals surface area (Å²) in [4.78, 5) is 18.2. The third-order valence-electron chi connectivity index (χ3n) is 5.36. The maximum Gasteiger partial charge on any atom is 0.303 e. The number of aromatic nitrogens is 1. The number of hydrogen-bond donors (Lipinski definition) is 1. The number of allylic oxidation sites excluding steroid dienone is 1. The molecule has 0 aliphatic carbocycles. The molecule has 1 aliphatic rings. The summed E-state index contributed by atoms with van der Waals surface area (Å²) in [6.45, 7) is 2.28. The third kappa shape index (κ3) is 5.04. The topological polar surface area (TPSA) is 53.4 Å². The van der Waals surface area contributed by atoms with Crippen molar-refractivity contribution in [1.29, 1.82) is 0 Å². The van der Waals surface area contributed by atoms with Gasteiger partial charge in [0, 0.05) is 25.2 Å². The van der Waals surface area contributed by atoms with Crippen molar-refractivity contribution >= 4 is 44.9 Å². The second-order valence-corrected chi connectivity index (χ2v) is 8.57. The van der Waals surface area contributed by atoms with Gasteiger partial charge >= 0.3 is 5.97 Å². The number of piperidine rings is 1. The minimum absolute atomic E-state index is 0.177. The van der Waals surface area contributed by atoms with Crippen LogP contribution >= 0.6 is 11.3 Å². The van der Waals surface area contributed by atoms with Crippen molar-refractivity contribution in [3.8, 4) is 0 Å². The van der Waals surface area contributed by atoms with Crippen LogP contribution in [0.1, 0.15) is 49.1 Å². The minimum atomic E-state index is -0.750. The van der Waals surface area contributed by atoms with Crippen molar-refractivity contribution < 1.29 is 9.90 Å². The zero-order chi connectivity index (χ0) is 20.1. The standard InChI is InChI=1S/C24H26N2O2S/c27-23(28)10-6-7-19(24-25-21-8-2-3-9-22(21)29-24)17-18-11-13-20(14-12-18)26-15-4-1-5-16-26/h2-3,8-9,11-14,17H,1,4-7,10,15-16H2,(H,27,28)/b19-17-. The fourth-order valence-electron chi connectivity index (χ4n) is 3.82. The van der Waals surface area contributed by atoms with Gasteiger partial charge in [0.1, 0.15) is 5.01 Å². The van der Waals surface area contributed by atoms with E-state index in [1.54, 1.807) is 11.3 Å². The first-order valence-electron chi connectivity index (χ1n) is 10.3. The highest BCUT2D eigenvalue weighted by Crippen LogP contribution is 2.31. The summed E-state index contributed by atoms with van der Waals surface area (Å²) in [5.74, 6) is -0.750. The first kappa shape index (κ1) is 19.6. The maximum absolute atomic E-state index is 11.0. The SMILES string of the molecule is O=C(O)CCC/C(=C/c1ccc(N2CCCCC2)cc1)c1nc2ccccc2s1. The van der Waals surface area contributed by atoms with Gasteiger partial charge < -0.3 is 10.0 Å². The van der Waals surface area contributed by atoms with Crippen LogP contribution < -0.4 is 4.90 Å². The van der Waals surface area contributed by atoms with Crippen molar-refractivity contribution in [3.05, 3.63) is 59.1 Å². The van der Waals surface area contributed by atoms with E-state index in [9.17, 15) is 4.79 Å². The largest absolute Gasteiger partial charge is 0.481 e. The number of para-hydroxylation sites is 1. The van der Waals surface area contributed by atoms with Gasteiger partial charge in [-0.2, -0.15) is 0 Å². The van der Waals surface area contributed by atoms with E-state index in [-0.39, 0.29) is 6.42 Å². The average molecular weight is 407 g/mol. The van der Waals surface area contributed by atoms with E-state index in [4.69, 9.17) is 10.1 Å². The Balaban J connectivity index is 1.59. The van der Waals surface area contributed by atoms with E-state index in [0.717, 1.165) is 39.5 Å². The molecule has 2 heterocycles. The highest BCUT2D eigenvalue weighted by molar-refractivity contribution is 7.19. The number of carbonyl (C=O) groups is 1. The lowest BCUT2D eigenvalue weighted by atomic mass is 10.0. The molecule has 150 valence electrons. The number of rotatable bonds is 7. The summed E-state index contributed by atoms with van der Waals surface area (Å²) in [7, 11) is 0. The number of carboxylic acid groups (broad SMARTS) is 1. The van der Waals surface area contributed by atoms with Gasteiger partial charge in [-0.05, 0) is 73.6 Å². The lowest BCUT2D eigenvalue weighted by molar-refractivity contribution is -0.137. The van der Waals surface area contributed by atoms with E-state index in [0.29, 0.717) is 12.8 Å². The second-order valence-electron chi connectivity index (χ2n) is 7.54. The average Bonchev–Trinajstić information content (AvgIpc) is 3.18. The van der Waals surface area contributed by atoms with Gasteiger partial charge in [0.25, 0.3) is 0 Å². The van der Waals surface area contributed by atoms with Gasteiger partial charge in [-0.1, -0.05) is 24.3 Å². The molecule has 1 fully saturated rings. The molecule has 0 unspecified atom stereocenters. The number of benzene rings is 2. The number of anilines is 1. The van der Waals surface area contributed by atoms with Crippen molar-refractivity contribution in [1.82, 2.24) is 4.98 Å². The van der Waals surface area contributed by atoms with Gasteiger partial charge in [0.15, 0.2) is 0 Å². The third-order valence-corrected chi connectivity index (χ3v) is 6.47. The lowest BCUT2D eigenvalue weighted by Crippen LogP contribution is -2.29. The Labute approximate surface area is 175 Å². The van der Waals surface area contributed by atoms with Gasteiger partial charge in [0.2, 0.25) is 0 Å². The van der Waals surface area contributed by atoms with Gasteiger partial charge in [-0.3, -0.25) is 4.79 Å². The highest BCUT2D eigenvalue weighted by atomic mass is 32.1. The van der Waals surface area contributed by atoms with Crippen LogP contribution in [-0.4, -0.2) is 29.1 Å². The van der Waals surface area contributed by atoms with Crippen LogP contribution in [0.25, 0.3) is 21.9 Å². The van der Waals surface area contributed by atoms with Crippen molar-refractivity contribution in [2.45, 2.75) is 38.5 Å². The summed E-state index contributed by atoms with van der Waals surface area (Å²) >= 11 is 1.67. The molecule has 0 atom stereocenters. The van der Waals surface area contributed by atoms with E-state index in [1.807, 2.05) is 18.2 Å². The summed E-state index contributed by atoms with van der Waals surface area (Å²) in [5.41, 5.74) is 4.53. The predicted octanol–water partition coefficient (Wildman–Crippen LogP) is 6.08. The monoisotopic (exact) mass is 406 g/mol. The number of thiazole rings is 1. The molecule has 0 saturated carbocycles. The number of carboxylic acids is 1. The summed E-state index contributed by atoms with van der Waals surface area (Å²) in [6, 6.07) is 16.9. The fourth-order valence-corrected chi connectivity index (χ4v) is 4.82. The summed E-state index contributed by atoms with van der Waals surface area (Å²) in [5, 5.41) is 10.0. The number of aliphatic carboxylic acids is 1. The quantitative estimate of drug-likeness (QED) is 0.516. The van der Waals surface area contributed by atoms with Gasteiger partial charge in [-0.25, -0.2) is 4.98 Å². The predicted molar refractivity (Wildman–Crippen MR) is 121 cm³/mol. The Morgan fingerprint density at radius 1 is 1.03 bits per heavy atom. The molecule has 2 aromatic carbocycles. The Morgan fingerprint density at radius 3 is 2.52 bits per heavy atom. The molecule has 1 aromatic heterocycles. The molecule has 0 spiro atoms. The molecule has 29 heavy (non-hydrogen) atoms. The fraction of sp³-hybridized carbons (Fsp3) is 0.333. The number of fused-ring (bicyclic) bond motifs is 1. The van der Waals surface area contributed by atoms with E-state index in [1.165, 1.54) is 24.9 Å². The van der Waals surface area contributed by atoms with Crippen molar-refractivity contribution in [2.75, 3.05) is 18.0 Å². The molecular weight excluding hydrogens is 380 g/mol. The van der Waals surface area contributed by atoms with Crippen LogP contribution in [0.4, 0.5) is 5.69 Å². The Bertz CT molecular complexity index is 968. The molecule has 4 rings (SSSR count). The molecule has 0 bridgehead atoms. The summed E-state index contributed by atoms with van der Waals surface area (Å²) < 4.78 is 1.16. The van der Waals surface area contributed by atoms with Crippen molar-refractivity contribution in [2.24, 2.45) is 0 Å². The lowest BCUT2D eigenvalue weighted by Gasteiger charge is -2.28. The Kier molecular flexibility index (Phi) is 6.25. The highest BCUT2D eigenvalue weighted by Gasteiger charge is 2.12. The molecule has 0 amide bonds. The minimum Gasteiger partial charge on any atom is -0.481 e. The molecule has 0 radical (unpaired) electrons. The molecule has 3 aromatic rings. The second kappa shape index (κ2) is 9.23. The van der Waals surface area contributed by atoms with Crippen LogP contribution in [0.3, 0.4) is 0 Å². The van der Waals surface area contributed by atoms with Gasteiger partial charge in [-0.15, -0.1) is 11.3 Å². The zero-order valence-corrected chi connectivity index (χ0v) is 17.3. The maximum atomic E-state index is 11.0. The molecular formula is C24H26N2O2S. The van der Waals surface area contributed by atoms with E-state index < -0.39 is 5.97 Å². The molecule has 5 heteroatoms. The normalized spacial score (nSPS) is 15.0. The molecule has 1 aliphatic heterocycles. The van der Waals surface area contributed by atoms with Gasteiger partial charge in [0.05, 0.1) is 10.2 Å². The van der Waals surface area contributed by atoms with Crippen LogP contribution in [-0.2, 0) is 4.79 Å². The Morgan fingerprint density at radius 2 is 1.79 bits per heavy atom. The summed E-state index contributed by atoms with van der Waals surface area (Å²) in [6.07, 6.45) is 7.54. The first-order chi connectivity index (χ1) is 14.2. The van der Waals surface area contributed by atoms with Crippen LogP contribution in [0.2, 0.25) is 0 Å². The van der Waals surface area contributed by atoms with Crippen molar-refractivity contribution in [3.63, 3.8) is 0 Å². The zero-order valence-electron chi connectivity index (χ0n) is 16.5. The molecule has 1 N–H and O–H groups in total. The molecule has 4 nitrogen and oxygen atoms in total. The van der Waals surface area contributed by atoms with E-state index >= 15 is 0 Å². The number of nitrogens with zero attached hydrogens (tertiary/aromatic N) is 2. The van der Waals surface area contributed by atoms with Crippen LogP contribution in [0.5, 0.6) is 0 Å². The smallest absolute Gasteiger partial charge is 0.303 e. The van der Waals surface area contributed by atoms with Crippen LogP contribution in [0, 0.1) is 0 Å². The van der Waals surface area contributed by atoms with E-state index in [2.05, 4.69) is 41.3 Å².